The van der Waals surface area contributed by atoms with Crippen LogP contribution in [0.25, 0.3) is 0 Å². The SMILES string of the molecule is C/C(=N/NC(=O)CSCc1cccc(Br)c1)c1cccc(I)c1. The first-order chi connectivity index (χ1) is 11.0. The minimum Gasteiger partial charge on any atom is -0.272 e. The summed E-state index contributed by atoms with van der Waals surface area (Å²) in [7, 11) is 0. The van der Waals surface area contributed by atoms with Crippen LogP contribution in [-0.2, 0) is 10.5 Å². The van der Waals surface area contributed by atoms with Crippen LogP contribution in [0.1, 0.15) is 18.1 Å². The Bertz CT molecular complexity index is 721. The van der Waals surface area contributed by atoms with E-state index < -0.39 is 0 Å². The first kappa shape index (κ1) is 18.5. The van der Waals surface area contributed by atoms with Crippen LogP contribution in [0.4, 0.5) is 0 Å². The molecule has 0 radical (unpaired) electrons. The van der Waals surface area contributed by atoms with Gasteiger partial charge in [0.25, 0.3) is 0 Å². The Morgan fingerprint density at radius 3 is 2.78 bits per heavy atom. The zero-order chi connectivity index (χ0) is 16.7. The largest absolute Gasteiger partial charge is 0.272 e. The van der Waals surface area contributed by atoms with E-state index in [2.05, 4.69) is 61.2 Å². The van der Waals surface area contributed by atoms with Gasteiger partial charge in [0.05, 0.1) is 11.5 Å². The smallest absolute Gasteiger partial charge is 0.250 e. The van der Waals surface area contributed by atoms with Gasteiger partial charge in [0.15, 0.2) is 0 Å². The molecule has 3 nitrogen and oxygen atoms in total. The molecule has 1 amide bonds. The maximum atomic E-state index is 11.9. The molecular formula is C17H16BrIN2OS. The van der Waals surface area contributed by atoms with Gasteiger partial charge in [0.1, 0.15) is 0 Å². The van der Waals surface area contributed by atoms with E-state index >= 15 is 0 Å². The van der Waals surface area contributed by atoms with Crippen molar-refractivity contribution >= 4 is 61.9 Å². The van der Waals surface area contributed by atoms with E-state index in [0.29, 0.717) is 5.75 Å². The number of hydrogen-bond acceptors (Lipinski definition) is 3. The van der Waals surface area contributed by atoms with Gasteiger partial charge < -0.3 is 0 Å². The fourth-order valence-electron chi connectivity index (χ4n) is 1.84. The lowest BCUT2D eigenvalue weighted by Gasteiger charge is -2.04. The highest BCUT2D eigenvalue weighted by atomic mass is 127. The number of carbonyl (C=O) groups excluding carboxylic acids is 1. The van der Waals surface area contributed by atoms with Crippen LogP contribution in [0.2, 0.25) is 0 Å². The van der Waals surface area contributed by atoms with Gasteiger partial charge in [-0.25, -0.2) is 5.43 Å². The predicted octanol–water partition coefficient (Wildman–Crippen LogP) is 4.83. The lowest BCUT2D eigenvalue weighted by atomic mass is 10.1. The van der Waals surface area contributed by atoms with Gasteiger partial charge >= 0.3 is 0 Å². The lowest BCUT2D eigenvalue weighted by Crippen LogP contribution is -2.21. The number of thioether (sulfide) groups is 1. The number of amides is 1. The van der Waals surface area contributed by atoms with Crippen molar-refractivity contribution in [3.05, 3.63) is 67.7 Å². The molecule has 0 spiro atoms. The molecule has 0 atom stereocenters. The highest BCUT2D eigenvalue weighted by Gasteiger charge is 2.03. The average molecular weight is 503 g/mol. The molecule has 2 aromatic carbocycles. The molecule has 0 heterocycles. The molecule has 0 bridgehead atoms. The van der Waals surface area contributed by atoms with Crippen LogP contribution >= 0.6 is 50.3 Å². The number of carbonyl (C=O) groups is 1. The highest BCUT2D eigenvalue weighted by Crippen LogP contribution is 2.16. The lowest BCUT2D eigenvalue weighted by molar-refractivity contribution is -0.118. The molecule has 2 rings (SSSR count). The summed E-state index contributed by atoms with van der Waals surface area (Å²) in [5, 5.41) is 4.17. The molecule has 2 aromatic rings. The molecule has 23 heavy (non-hydrogen) atoms. The number of rotatable bonds is 6. The van der Waals surface area contributed by atoms with Gasteiger partial charge in [-0.15, -0.1) is 11.8 Å². The van der Waals surface area contributed by atoms with E-state index in [4.69, 9.17) is 0 Å². The Balaban J connectivity index is 1.79. The van der Waals surface area contributed by atoms with Crippen molar-refractivity contribution in [2.24, 2.45) is 5.10 Å². The summed E-state index contributed by atoms with van der Waals surface area (Å²) in [5.74, 6) is 1.09. The van der Waals surface area contributed by atoms with Crippen molar-refractivity contribution in [1.29, 1.82) is 0 Å². The van der Waals surface area contributed by atoms with Crippen LogP contribution in [0.5, 0.6) is 0 Å². The van der Waals surface area contributed by atoms with Gasteiger partial charge in [-0.3, -0.25) is 4.79 Å². The van der Waals surface area contributed by atoms with Gasteiger partial charge in [-0.05, 0) is 64.9 Å². The van der Waals surface area contributed by atoms with Crippen LogP contribution in [0.3, 0.4) is 0 Å². The van der Waals surface area contributed by atoms with Gasteiger partial charge in [-0.1, -0.05) is 40.2 Å². The maximum absolute atomic E-state index is 11.9. The molecule has 0 unspecified atom stereocenters. The Kier molecular flexibility index (Phi) is 7.58. The summed E-state index contributed by atoms with van der Waals surface area (Å²) < 4.78 is 2.20. The Morgan fingerprint density at radius 2 is 2.04 bits per heavy atom. The fraction of sp³-hybridized carbons (Fsp3) is 0.176. The van der Waals surface area contributed by atoms with Crippen molar-refractivity contribution in [2.45, 2.75) is 12.7 Å². The average Bonchev–Trinajstić information content (AvgIpc) is 2.52. The molecule has 0 aromatic heterocycles. The molecular weight excluding hydrogens is 487 g/mol. The van der Waals surface area contributed by atoms with E-state index in [1.54, 1.807) is 11.8 Å². The third-order valence-electron chi connectivity index (χ3n) is 2.98. The first-order valence-corrected chi connectivity index (χ1v) is 9.98. The minimum atomic E-state index is -0.0880. The normalized spacial score (nSPS) is 11.3. The van der Waals surface area contributed by atoms with Gasteiger partial charge in [0, 0.05) is 13.8 Å². The van der Waals surface area contributed by atoms with E-state index in [0.717, 1.165) is 25.1 Å². The van der Waals surface area contributed by atoms with Gasteiger partial charge in [-0.2, -0.15) is 5.10 Å². The molecule has 120 valence electrons. The highest BCUT2D eigenvalue weighted by molar-refractivity contribution is 14.1. The van der Waals surface area contributed by atoms with Crippen molar-refractivity contribution in [3.63, 3.8) is 0 Å². The molecule has 0 saturated heterocycles. The van der Waals surface area contributed by atoms with Crippen molar-refractivity contribution < 1.29 is 4.79 Å². The summed E-state index contributed by atoms with van der Waals surface area (Å²) in [6.45, 7) is 1.89. The van der Waals surface area contributed by atoms with E-state index in [-0.39, 0.29) is 5.91 Å². The number of nitrogens with one attached hydrogen (secondary N) is 1. The van der Waals surface area contributed by atoms with Gasteiger partial charge in [0.2, 0.25) is 5.91 Å². The zero-order valence-electron chi connectivity index (χ0n) is 12.6. The van der Waals surface area contributed by atoms with Crippen LogP contribution in [0.15, 0.2) is 58.1 Å². The number of hydrogen-bond donors (Lipinski definition) is 1. The summed E-state index contributed by atoms with van der Waals surface area (Å²) in [4.78, 5) is 11.9. The summed E-state index contributed by atoms with van der Waals surface area (Å²) >= 11 is 7.27. The number of nitrogens with zero attached hydrogens (tertiary/aromatic N) is 1. The number of halogens is 2. The topological polar surface area (TPSA) is 41.5 Å². The molecule has 0 fully saturated rings. The maximum Gasteiger partial charge on any atom is 0.250 e. The quantitative estimate of drug-likeness (QED) is 0.349. The van der Waals surface area contributed by atoms with Crippen molar-refractivity contribution in [3.8, 4) is 0 Å². The molecule has 0 aliphatic carbocycles. The molecule has 6 heteroatoms. The van der Waals surface area contributed by atoms with E-state index in [1.165, 1.54) is 5.56 Å². The summed E-state index contributed by atoms with van der Waals surface area (Å²) in [6.07, 6.45) is 0. The van der Waals surface area contributed by atoms with E-state index in [9.17, 15) is 4.79 Å². The number of benzene rings is 2. The second-order valence-corrected chi connectivity index (χ2v) is 8.01. The Morgan fingerprint density at radius 1 is 1.26 bits per heavy atom. The zero-order valence-corrected chi connectivity index (χ0v) is 17.1. The van der Waals surface area contributed by atoms with Crippen LogP contribution < -0.4 is 5.43 Å². The Labute approximate surface area is 162 Å². The Hall–Kier alpha value is -0.860. The molecule has 0 saturated carbocycles. The minimum absolute atomic E-state index is 0.0880. The molecule has 0 aliphatic heterocycles. The van der Waals surface area contributed by atoms with Crippen LogP contribution in [0, 0.1) is 3.57 Å². The van der Waals surface area contributed by atoms with Crippen molar-refractivity contribution in [2.75, 3.05) is 5.75 Å². The molecule has 1 N–H and O–H groups in total. The third kappa shape index (κ3) is 6.64. The monoisotopic (exact) mass is 502 g/mol. The number of hydrazone groups is 1. The second-order valence-electron chi connectivity index (χ2n) is 4.87. The summed E-state index contributed by atoms with van der Waals surface area (Å²) in [6, 6.07) is 16.1. The summed E-state index contributed by atoms with van der Waals surface area (Å²) in [5.41, 5.74) is 5.62. The second kappa shape index (κ2) is 9.44. The standard InChI is InChI=1S/C17H16BrIN2OS/c1-12(14-5-3-7-16(19)9-14)20-21-17(22)11-23-10-13-4-2-6-15(18)8-13/h2-9H,10-11H2,1H3,(H,21,22)/b20-12-. The van der Waals surface area contributed by atoms with Crippen molar-refractivity contribution in [1.82, 2.24) is 5.43 Å². The van der Waals surface area contributed by atoms with Crippen LogP contribution in [-0.4, -0.2) is 17.4 Å². The third-order valence-corrected chi connectivity index (χ3v) is 5.15. The predicted molar refractivity (Wildman–Crippen MR) is 110 cm³/mol. The fourth-order valence-corrected chi connectivity index (χ4v) is 3.60. The first-order valence-electron chi connectivity index (χ1n) is 6.96. The van der Waals surface area contributed by atoms with E-state index in [1.807, 2.05) is 43.3 Å². The molecule has 0 aliphatic rings.